The van der Waals surface area contributed by atoms with E-state index < -0.39 is 0 Å². The molecule has 5 nitrogen and oxygen atoms in total. The minimum atomic E-state index is -0.379. The van der Waals surface area contributed by atoms with Gasteiger partial charge in [0.2, 0.25) is 0 Å². The third-order valence-corrected chi connectivity index (χ3v) is 18.8. The molecule has 0 saturated carbocycles. The maximum Gasteiger partial charge on any atom is 0.0629 e. The summed E-state index contributed by atoms with van der Waals surface area (Å²) in [7, 11) is 0. The van der Waals surface area contributed by atoms with Gasteiger partial charge >= 0.3 is 0 Å². The topological polar surface area (TPSA) is 60.1 Å². The van der Waals surface area contributed by atoms with Crippen molar-refractivity contribution in [2.24, 2.45) is 0 Å². The number of hydrogen-bond acceptors (Lipinski definition) is 5. The van der Waals surface area contributed by atoms with Crippen LogP contribution in [0.1, 0.15) is 6.85 Å². The van der Waals surface area contributed by atoms with Crippen LogP contribution < -0.4 is 26.6 Å². The van der Waals surface area contributed by atoms with E-state index in [0.717, 1.165) is 56.9 Å². The maximum absolute atomic E-state index is 8.02. The van der Waals surface area contributed by atoms with Gasteiger partial charge in [0.25, 0.3) is 0 Å². The van der Waals surface area contributed by atoms with Crippen LogP contribution in [0.25, 0.3) is 109 Å². The largest absolute Gasteiger partial charge is 0.356 e. The predicted molar refractivity (Wildman–Crippen MR) is 452 cm³/mol. The molecule has 0 unspecified atom stereocenters. The van der Waals surface area contributed by atoms with Gasteiger partial charge in [0.15, 0.2) is 0 Å². The van der Waals surface area contributed by atoms with Gasteiger partial charge in [-0.05, 0) is 196 Å². The van der Waals surface area contributed by atoms with Crippen LogP contribution in [0.15, 0.2) is 425 Å². The summed E-state index contributed by atoms with van der Waals surface area (Å²) < 4.78 is 39.2. The lowest BCUT2D eigenvalue weighted by molar-refractivity contribution is 1.54. The van der Waals surface area contributed by atoms with Crippen molar-refractivity contribution in [3.05, 3.63) is 425 Å². The Bertz CT molecular complexity index is 6320. The molecule has 500 valence electrons. The van der Waals surface area contributed by atoms with Crippen molar-refractivity contribution in [2.75, 3.05) is 26.6 Å². The highest BCUT2D eigenvalue weighted by Gasteiger charge is 2.22. The maximum atomic E-state index is 8.02. The second kappa shape index (κ2) is 31.3. The molecule has 0 aliphatic heterocycles. The Balaban J connectivity index is 0.000000105. The van der Waals surface area contributed by atoms with Crippen LogP contribution in [0.5, 0.6) is 0 Å². The van der Waals surface area contributed by atoms with Crippen LogP contribution in [0.4, 0.5) is 56.9 Å². The lowest BCUT2D eigenvalue weighted by atomic mass is 9.93. The molecular weight excluding hydrogens is 1270 g/mol. The van der Waals surface area contributed by atoms with E-state index in [-0.39, 0.29) is 35.8 Å². The van der Waals surface area contributed by atoms with Crippen molar-refractivity contribution in [1.82, 2.24) is 0 Å². The third-order valence-electron chi connectivity index (χ3n) is 18.8. The van der Waals surface area contributed by atoms with Gasteiger partial charge in [0.1, 0.15) is 0 Å². The Morgan fingerprint density at radius 2 is 0.514 bits per heavy atom. The first-order valence-electron chi connectivity index (χ1n) is 37.8. The molecule has 19 aromatic rings. The molecule has 0 bridgehead atoms. The van der Waals surface area contributed by atoms with E-state index >= 15 is 0 Å². The number of benzene rings is 19. The second-order valence-electron chi connectivity index (χ2n) is 25.6. The number of para-hydroxylation sites is 5. The molecule has 5 N–H and O–H groups in total. The van der Waals surface area contributed by atoms with Crippen LogP contribution in [0.2, 0.25) is 0 Å². The molecule has 0 heterocycles. The highest BCUT2D eigenvalue weighted by molar-refractivity contribution is 6.25. The Morgan fingerprint density at radius 1 is 0.171 bits per heavy atom. The van der Waals surface area contributed by atoms with E-state index in [2.05, 4.69) is 312 Å². The fourth-order valence-electron chi connectivity index (χ4n) is 13.8. The van der Waals surface area contributed by atoms with Gasteiger partial charge in [-0.25, -0.2) is 0 Å². The predicted octanol–water partition coefficient (Wildman–Crippen LogP) is 28.5. The number of rotatable bonds is 12. The van der Waals surface area contributed by atoms with Gasteiger partial charge in [-0.1, -0.05) is 321 Å². The molecule has 0 fully saturated rings. The third kappa shape index (κ3) is 15.1. The highest BCUT2D eigenvalue weighted by Crippen LogP contribution is 2.49. The first-order valence-corrected chi connectivity index (χ1v) is 35.3. The Kier molecular flexibility index (Phi) is 17.8. The van der Waals surface area contributed by atoms with Crippen molar-refractivity contribution in [1.29, 1.82) is 0 Å². The molecular formula is C100H75N5. The summed E-state index contributed by atoms with van der Waals surface area (Å²) in [5.41, 5.74) is 19.5. The van der Waals surface area contributed by atoms with Gasteiger partial charge in [-0.15, -0.1) is 0 Å². The number of hydrogen-bond donors (Lipinski definition) is 5. The summed E-state index contributed by atoms with van der Waals surface area (Å²) in [5, 5.41) is 32.9. The summed E-state index contributed by atoms with van der Waals surface area (Å²) in [6, 6.07) is 134. The van der Waals surface area contributed by atoms with E-state index in [0.29, 0.717) is 5.56 Å². The van der Waals surface area contributed by atoms with Gasteiger partial charge in [-0.2, -0.15) is 0 Å². The van der Waals surface area contributed by atoms with E-state index in [1.165, 1.54) is 98.0 Å². The molecule has 0 spiro atoms. The fraction of sp³-hybridized carbons (Fsp3) is 0. The van der Waals surface area contributed by atoms with Gasteiger partial charge in [0, 0.05) is 73.0 Å². The number of anilines is 10. The van der Waals surface area contributed by atoms with Gasteiger partial charge in [-0.3, -0.25) is 0 Å². The zero-order valence-corrected chi connectivity index (χ0v) is 57.5. The van der Waals surface area contributed by atoms with E-state index in [9.17, 15) is 0 Å². The quantitative estimate of drug-likeness (QED) is 0.0789. The SMILES string of the molecule is [2H]c1c([2H])c([2H])c(-c2ccc(Nc3ccccc3)cc2)c([2H])c1[2H].c1ccc(Nc2cc3ccccc3c3ccccc23)cc1.c1ccc(Nc2ccc(-c3ccccc3)cc2)cc1.c1ccc(Nc2ccc3c4c(cccc24)-c2ccccc2-3)cc1.c1ccc(Nc2ccc3ccc4cccc5ccc2c3c45)cc1. The van der Waals surface area contributed by atoms with E-state index in [1.807, 2.05) is 97.1 Å². The molecule has 0 atom stereocenters. The smallest absolute Gasteiger partial charge is 0.0629 e. The minimum absolute atomic E-state index is 0.190. The monoisotopic (exact) mass is 1350 g/mol. The summed E-state index contributed by atoms with van der Waals surface area (Å²) in [6.45, 7) is 0. The van der Waals surface area contributed by atoms with Crippen molar-refractivity contribution in [3.63, 3.8) is 0 Å². The summed E-state index contributed by atoms with van der Waals surface area (Å²) in [5.74, 6) is 0. The summed E-state index contributed by atoms with van der Waals surface area (Å²) in [4.78, 5) is 0. The zero-order valence-electron chi connectivity index (χ0n) is 62.5. The average molecular weight is 1350 g/mol. The summed E-state index contributed by atoms with van der Waals surface area (Å²) in [6.07, 6.45) is 0. The number of fused-ring (bicyclic) bond motifs is 6. The van der Waals surface area contributed by atoms with Crippen LogP contribution in [-0.4, -0.2) is 0 Å². The molecule has 0 saturated heterocycles. The Labute approximate surface area is 620 Å². The molecule has 5 heteroatoms. The molecule has 0 aromatic heterocycles. The minimum Gasteiger partial charge on any atom is -0.356 e. The second-order valence-corrected chi connectivity index (χ2v) is 25.6. The van der Waals surface area contributed by atoms with Crippen LogP contribution in [0.3, 0.4) is 0 Å². The Morgan fingerprint density at radius 3 is 1.06 bits per heavy atom. The van der Waals surface area contributed by atoms with Crippen LogP contribution in [0, 0.1) is 0 Å². The normalized spacial score (nSPS) is 11.5. The molecule has 0 amide bonds. The van der Waals surface area contributed by atoms with Crippen molar-refractivity contribution < 1.29 is 6.85 Å². The molecule has 1 aliphatic carbocycles. The first kappa shape index (κ1) is 59.8. The van der Waals surface area contributed by atoms with Crippen LogP contribution >= 0.6 is 0 Å². The van der Waals surface area contributed by atoms with Crippen molar-refractivity contribution >= 4 is 122 Å². The standard InChI is InChI=1S/2C22H15N.C20H15N.2C18H15N/c1-2-7-15(8-3-1)23-21-14-13-19-17-10-5-4-9-16(17)18-11-6-12-20(21)22(18)19;1-2-7-18(8-3-1)23-20-14-12-17-10-9-15-5-4-6-16-11-13-19(20)22(17)21(15)16;1-2-9-16(10-3-1)21-20-14-15-8-4-5-11-17(15)18-12-6-7-13-19(18)20;2*1-3-7-15(8-4-1)16-11-13-18(14-12-16)19-17-9-5-2-6-10-17/h2*1-14,23H;1-14,21H;2*1-14,19H/i;;;1D,3D,4D,7D,8D;. The van der Waals surface area contributed by atoms with Crippen molar-refractivity contribution in [2.45, 2.75) is 0 Å². The molecule has 105 heavy (non-hydrogen) atoms. The van der Waals surface area contributed by atoms with E-state index in [4.69, 9.17) is 6.85 Å². The van der Waals surface area contributed by atoms with Crippen LogP contribution in [-0.2, 0) is 0 Å². The van der Waals surface area contributed by atoms with Crippen molar-refractivity contribution in [3.8, 4) is 44.5 Å². The molecule has 0 radical (unpaired) electrons. The lowest BCUT2D eigenvalue weighted by Crippen LogP contribution is -1.92. The molecule has 19 aromatic carbocycles. The van der Waals surface area contributed by atoms with Gasteiger partial charge < -0.3 is 26.6 Å². The number of nitrogens with one attached hydrogen (secondary N) is 5. The Hall–Kier alpha value is -14.0. The zero-order chi connectivity index (χ0) is 74.7. The van der Waals surface area contributed by atoms with Gasteiger partial charge in [0.05, 0.1) is 6.85 Å². The highest BCUT2D eigenvalue weighted by atomic mass is 14.9. The lowest BCUT2D eigenvalue weighted by Gasteiger charge is -2.15. The average Bonchev–Trinajstić information content (AvgIpc) is 1.37. The first-order chi connectivity index (χ1) is 54.1. The molecule has 1 aliphatic rings. The summed E-state index contributed by atoms with van der Waals surface area (Å²) >= 11 is 0. The fourth-order valence-corrected chi connectivity index (χ4v) is 13.8. The van der Waals surface area contributed by atoms with E-state index in [1.54, 1.807) is 12.1 Å². The molecule has 20 rings (SSSR count).